The van der Waals surface area contributed by atoms with Gasteiger partial charge in [-0.3, -0.25) is 0 Å². The van der Waals surface area contributed by atoms with E-state index in [1.54, 1.807) is 0 Å². The standard InChI is InChI=1S/C13H18N2O2/c14-7-10-2-1-5-15-13(10)9-3-4-11-12(6-9)17-8-16-11/h3-4,6,10,13,15H,1-2,5,7-8,14H2/t10-,13-/m1/s1. The second-order valence-corrected chi connectivity index (χ2v) is 4.68. The number of hydrogen-bond donors (Lipinski definition) is 2. The lowest BCUT2D eigenvalue weighted by molar-refractivity contribution is 0.174. The lowest BCUT2D eigenvalue weighted by atomic mass is 9.86. The van der Waals surface area contributed by atoms with Gasteiger partial charge in [0.15, 0.2) is 11.5 Å². The molecule has 0 radical (unpaired) electrons. The lowest BCUT2D eigenvalue weighted by Gasteiger charge is -2.32. The molecule has 0 amide bonds. The SMILES string of the molecule is NC[C@H]1CCCN[C@@H]1c1ccc2c(c1)OCO2. The Balaban J connectivity index is 1.87. The molecule has 2 heterocycles. The lowest BCUT2D eigenvalue weighted by Crippen LogP contribution is -2.37. The van der Waals surface area contributed by atoms with Crippen molar-refractivity contribution in [1.82, 2.24) is 5.32 Å². The molecule has 17 heavy (non-hydrogen) atoms. The van der Waals surface area contributed by atoms with Crippen LogP contribution in [0.5, 0.6) is 11.5 Å². The van der Waals surface area contributed by atoms with Crippen molar-refractivity contribution in [2.75, 3.05) is 19.9 Å². The van der Waals surface area contributed by atoms with Gasteiger partial charge in [-0.1, -0.05) is 6.07 Å². The molecular formula is C13H18N2O2. The van der Waals surface area contributed by atoms with E-state index in [9.17, 15) is 0 Å². The maximum Gasteiger partial charge on any atom is 0.231 e. The first-order chi connectivity index (χ1) is 8.38. The fourth-order valence-corrected chi connectivity index (χ4v) is 2.71. The highest BCUT2D eigenvalue weighted by Crippen LogP contribution is 2.37. The van der Waals surface area contributed by atoms with Crippen LogP contribution in [0.25, 0.3) is 0 Å². The van der Waals surface area contributed by atoms with Gasteiger partial charge in [-0.15, -0.1) is 0 Å². The summed E-state index contributed by atoms with van der Waals surface area (Å²) in [6.45, 7) is 2.12. The molecule has 0 bridgehead atoms. The van der Waals surface area contributed by atoms with Gasteiger partial charge in [-0.2, -0.15) is 0 Å². The summed E-state index contributed by atoms with van der Waals surface area (Å²) in [5.41, 5.74) is 7.10. The Morgan fingerprint density at radius 1 is 1.29 bits per heavy atom. The van der Waals surface area contributed by atoms with Crippen molar-refractivity contribution >= 4 is 0 Å². The Bertz CT molecular complexity index is 408. The Morgan fingerprint density at radius 2 is 2.18 bits per heavy atom. The Hall–Kier alpha value is -1.26. The molecular weight excluding hydrogens is 216 g/mol. The predicted octanol–water partition coefficient (Wildman–Crippen LogP) is 1.41. The summed E-state index contributed by atoms with van der Waals surface area (Å²) in [6, 6.07) is 6.53. The summed E-state index contributed by atoms with van der Waals surface area (Å²) in [5, 5.41) is 3.55. The fourth-order valence-electron chi connectivity index (χ4n) is 2.71. The minimum Gasteiger partial charge on any atom is -0.454 e. The molecule has 0 unspecified atom stereocenters. The number of fused-ring (bicyclic) bond motifs is 1. The largest absolute Gasteiger partial charge is 0.454 e. The Labute approximate surface area is 101 Å². The van der Waals surface area contributed by atoms with Gasteiger partial charge in [0.05, 0.1) is 0 Å². The minimum absolute atomic E-state index is 0.331. The third-order valence-corrected chi connectivity index (χ3v) is 3.65. The third-order valence-electron chi connectivity index (χ3n) is 3.65. The number of piperidine rings is 1. The second-order valence-electron chi connectivity index (χ2n) is 4.68. The van der Waals surface area contributed by atoms with Gasteiger partial charge < -0.3 is 20.5 Å². The second kappa shape index (κ2) is 4.55. The topological polar surface area (TPSA) is 56.5 Å². The summed E-state index contributed by atoms with van der Waals surface area (Å²) in [6.07, 6.45) is 2.41. The van der Waals surface area contributed by atoms with Crippen LogP contribution < -0.4 is 20.5 Å². The third kappa shape index (κ3) is 1.98. The molecule has 1 fully saturated rings. The van der Waals surface area contributed by atoms with Gasteiger partial charge >= 0.3 is 0 Å². The van der Waals surface area contributed by atoms with Crippen LogP contribution in [0.15, 0.2) is 18.2 Å². The maximum absolute atomic E-state index is 5.85. The molecule has 92 valence electrons. The molecule has 0 spiro atoms. The zero-order chi connectivity index (χ0) is 11.7. The first kappa shape index (κ1) is 10.9. The fraction of sp³-hybridized carbons (Fsp3) is 0.538. The van der Waals surface area contributed by atoms with E-state index >= 15 is 0 Å². The van der Waals surface area contributed by atoms with Gasteiger partial charge in [-0.25, -0.2) is 0 Å². The van der Waals surface area contributed by atoms with E-state index in [2.05, 4.69) is 17.4 Å². The van der Waals surface area contributed by atoms with Crippen molar-refractivity contribution < 1.29 is 9.47 Å². The van der Waals surface area contributed by atoms with E-state index in [4.69, 9.17) is 15.2 Å². The van der Waals surface area contributed by atoms with Crippen LogP contribution in [0.4, 0.5) is 0 Å². The van der Waals surface area contributed by atoms with E-state index in [0.29, 0.717) is 18.8 Å². The molecule has 3 rings (SSSR count). The molecule has 2 atom stereocenters. The number of benzene rings is 1. The van der Waals surface area contributed by atoms with Crippen LogP contribution in [0.2, 0.25) is 0 Å². The minimum atomic E-state index is 0.331. The van der Waals surface area contributed by atoms with Crippen LogP contribution in [0, 0.1) is 5.92 Å². The maximum atomic E-state index is 5.85. The number of rotatable bonds is 2. The molecule has 3 N–H and O–H groups in total. The molecule has 0 aromatic heterocycles. The van der Waals surface area contributed by atoms with Crippen molar-refractivity contribution in [3.8, 4) is 11.5 Å². The van der Waals surface area contributed by atoms with E-state index in [1.165, 1.54) is 18.4 Å². The normalized spacial score (nSPS) is 27.1. The highest BCUT2D eigenvalue weighted by molar-refractivity contribution is 5.45. The zero-order valence-electron chi connectivity index (χ0n) is 9.82. The zero-order valence-corrected chi connectivity index (χ0v) is 9.82. The van der Waals surface area contributed by atoms with Crippen molar-refractivity contribution in [3.63, 3.8) is 0 Å². The van der Waals surface area contributed by atoms with Gasteiger partial charge in [0.2, 0.25) is 6.79 Å². The average molecular weight is 234 g/mol. The van der Waals surface area contributed by atoms with Crippen LogP contribution >= 0.6 is 0 Å². The summed E-state index contributed by atoms with van der Waals surface area (Å²) >= 11 is 0. The average Bonchev–Trinajstić information content (AvgIpc) is 2.85. The van der Waals surface area contributed by atoms with Crippen molar-refractivity contribution in [1.29, 1.82) is 0 Å². The van der Waals surface area contributed by atoms with Crippen LogP contribution in [0.3, 0.4) is 0 Å². The molecule has 2 aliphatic heterocycles. The van der Waals surface area contributed by atoms with E-state index in [-0.39, 0.29) is 0 Å². The van der Waals surface area contributed by atoms with Crippen LogP contribution in [-0.2, 0) is 0 Å². The Kier molecular flexibility index (Phi) is 2.91. The molecule has 0 aliphatic carbocycles. The van der Waals surface area contributed by atoms with E-state index < -0.39 is 0 Å². The van der Waals surface area contributed by atoms with Gasteiger partial charge in [0.1, 0.15) is 0 Å². The smallest absolute Gasteiger partial charge is 0.231 e. The molecule has 1 saturated heterocycles. The molecule has 1 aromatic carbocycles. The quantitative estimate of drug-likeness (QED) is 0.812. The number of nitrogens with two attached hydrogens (primary N) is 1. The van der Waals surface area contributed by atoms with E-state index in [1.807, 2.05) is 6.07 Å². The highest BCUT2D eigenvalue weighted by Gasteiger charge is 2.26. The molecule has 2 aliphatic rings. The van der Waals surface area contributed by atoms with Crippen molar-refractivity contribution in [2.24, 2.45) is 11.7 Å². The molecule has 0 saturated carbocycles. The van der Waals surface area contributed by atoms with Gasteiger partial charge in [0, 0.05) is 6.04 Å². The highest BCUT2D eigenvalue weighted by atomic mass is 16.7. The van der Waals surface area contributed by atoms with Gasteiger partial charge in [0.25, 0.3) is 0 Å². The summed E-state index contributed by atoms with van der Waals surface area (Å²) in [4.78, 5) is 0. The van der Waals surface area contributed by atoms with Crippen molar-refractivity contribution in [2.45, 2.75) is 18.9 Å². The Morgan fingerprint density at radius 3 is 3.06 bits per heavy atom. The first-order valence-corrected chi connectivity index (χ1v) is 6.21. The number of nitrogens with one attached hydrogen (secondary N) is 1. The summed E-state index contributed by atoms with van der Waals surface area (Å²) in [5.74, 6) is 2.21. The molecule has 4 nitrogen and oxygen atoms in total. The monoisotopic (exact) mass is 234 g/mol. The van der Waals surface area contributed by atoms with Gasteiger partial charge in [-0.05, 0) is 49.5 Å². The van der Waals surface area contributed by atoms with Crippen molar-refractivity contribution in [3.05, 3.63) is 23.8 Å². The predicted molar refractivity (Wildman–Crippen MR) is 65.1 cm³/mol. The summed E-state index contributed by atoms with van der Waals surface area (Å²) in [7, 11) is 0. The van der Waals surface area contributed by atoms with E-state index in [0.717, 1.165) is 24.6 Å². The number of ether oxygens (including phenoxy) is 2. The molecule has 4 heteroatoms. The van der Waals surface area contributed by atoms with Crippen LogP contribution in [-0.4, -0.2) is 19.9 Å². The number of hydrogen-bond acceptors (Lipinski definition) is 4. The molecule has 1 aromatic rings. The first-order valence-electron chi connectivity index (χ1n) is 6.21. The summed E-state index contributed by atoms with van der Waals surface area (Å²) < 4.78 is 10.7. The van der Waals surface area contributed by atoms with Crippen LogP contribution in [0.1, 0.15) is 24.4 Å².